The molecule has 2 N–H and O–H groups in total. The number of hydrogen-bond acceptors (Lipinski definition) is 3. The third-order valence-electron chi connectivity index (χ3n) is 3.51. The van der Waals surface area contributed by atoms with Gasteiger partial charge in [-0.05, 0) is 48.4 Å². The third-order valence-corrected chi connectivity index (χ3v) is 3.51. The molecule has 2 heterocycles. The van der Waals surface area contributed by atoms with E-state index >= 15 is 0 Å². The Morgan fingerprint density at radius 1 is 1.20 bits per heavy atom. The maximum absolute atomic E-state index is 11.4. The monoisotopic (exact) mass is 267 g/mol. The number of carbonyl (C=O) groups excluding carboxylic acids is 1. The number of hydrogen-bond donors (Lipinski definition) is 2. The Morgan fingerprint density at radius 3 is 2.95 bits per heavy atom. The van der Waals surface area contributed by atoms with Crippen LogP contribution in [0, 0.1) is 0 Å². The second-order valence-corrected chi connectivity index (χ2v) is 5.03. The van der Waals surface area contributed by atoms with Crippen molar-refractivity contribution >= 4 is 11.6 Å². The van der Waals surface area contributed by atoms with Gasteiger partial charge in [-0.15, -0.1) is 0 Å². The molecule has 1 aliphatic heterocycles. The molecule has 1 amide bonds. The van der Waals surface area contributed by atoms with Crippen LogP contribution in [0.3, 0.4) is 0 Å². The molecule has 0 aliphatic carbocycles. The average molecular weight is 267 g/mol. The maximum atomic E-state index is 11.4. The zero-order chi connectivity index (χ0) is 13.9. The molecule has 20 heavy (non-hydrogen) atoms. The fourth-order valence-electron chi connectivity index (χ4n) is 2.51. The number of anilines is 1. The third kappa shape index (κ3) is 2.56. The van der Waals surface area contributed by atoms with E-state index in [4.69, 9.17) is 0 Å². The van der Waals surface area contributed by atoms with Crippen LogP contribution in [0.25, 0.3) is 11.1 Å². The molecule has 0 fully saturated rings. The molecule has 0 radical (unpaired) electrons. The summed E-state index contributed by atoms with van der Waals surface area (Å²) in [5.41, 5.74) is 5.55. The Kier molecular flexibility index (Phi) is 3.48. The largest absolute Gasteiger partial charge is 0.326 e. The van der Waals surface area contributed by atoms with Crippen molar-refractivity contribution in [2.75, 3.05) is 12.4 Å². The summed E-state index contributed by atoms with van der Waals surface area (Å²) < 4.78 is 0. The van der Waals surface area contributed by atoms with Gasteiger partial charge >= 0.3 is 0 Å². The molecule has 4 nitrogen and oxygen atoms in total. The minimum absolute atomic E-state index is 0.0999. The van der Waals surface area contributed by atoms with Gasteiger partial charge in [-0.25, -0.2) is 0 Å². The number of aromatic nitrogens is 1. The first-order valence-corrected chi connectivity index (χ1v) is 6.78. The summed E-state index contributed by atoms with van der Waals surface area (Å²) in [6, 6.07) is 8.30. The molecule has 2 aromatic rings. The van der Waals surface area contributed by atoms with Gasteiger partial charge in [0.1, 0.15) is 0 Å². The molecule has 0 saturated carbocycles. The number of rotatable bonds is 3. The highest BCUT2D eigenvalue weighted by molar-refractivity contribution is 5.94. The van der Waals surface area contributed by atoms with Crippen LogP contribution < -0.4 is 10.6 Å². The summed E-state index contributed by atoms with van der Waals surface area (Å²) in [4.78, 5) is 15.7. The van der Waals surface area contributed by atoms with Crippen molar-refractivity contribution in [3.8, 4) is 11.1 Å². The summed E-state index contributed by atoms with van der Waals surface area (Å²) in [7, 11) is 1.92. The topological polar surface area (TPSA) is 54.0 Å². The molecule has 0 saturated heterocycles. The Hall–Kier alpha value is -2.20. The number of pyridine rings is 1. The van der Waals surface area contributed by atoms with E-state index in [9.17, 15) is 4.79 Å². The summed E-state index contributed by atoms with van der Waals surface area (Å²) >= 11 is 0. The van der Waals surface area contributed by atoms with Crippen LogP contribution in [0.4, 0.5) is 5.69 Å². The summed E-state index contributed by atoms with van der Waals surface area (Å²) in [5.74, 6) is 0.0999. The van der Waals surface area contributed by atoms with E-state index in [2.05, 4.69) is 27.8 Å². The van der Waals surface area contributed by atoms with Crippen molar-refractivity contribution in [1.82, 2.24) is 10.3 Å². The lowest BCUT2D eigenvalue weighted by molar-refractivity contribution is -0.116. The average Bonchev–Trinajstić information content (AvgIpc) is 2.47. The summed E-state index contributed by atoms with van der Waals surface area (Å²) in [6.07, 6.45) is 5.12. The van der Waals surface area contributed by atoms with Gasteiger partial charge in [-0.1, -0.05) is 6.07 Å². The number of nitrogens with one attached hydrogen (secondary N) is 2. The van der Waals surface area contributed by atoms with Crippen molar-refractivity contribution < 1.29 is 4.79 Å². The van der Waals surface area contributed by atoms with Gasteiger partial charge < -0.3 is 10.6 Å². The zero-order valence-corrected chi connectivity index (χ0v) is 11.4. The summed E-state index contributed by atoms with van der Waals surface area (Å²) in [6.45, 7) is 0.807. The lowest BCUT2D eigenvalue weighted by Gasteiger charge is -2.17. The van der Waals surface area contributed by atoms with Crippen LogP contribution in [0.5, 0.6) is 0 Å². The molecule has 0 atom stereocenters. The number of carbonyl (C=O) groups is 1. The van der Waals surface area contributed by atoms with E-state index < -0.39 is 0 Å². The Labute approximate surface area is 118 Å². The second-order valence-electron chi connectivity index (χ2n) is 5.03. The molecule has 1 aromatic heterocycles. The van der Waals surface area contributed by atoms with Gasteiger partial charge in [0.15, 0.2) is 0 Å². The highest BCUT2D eigenvalue weighted by atomic mass is 16.1. The van der Waals surface area contributed by atoms with Crippen molar-refractivity contribution in [1.29, 1.82) is 0 Å². The molecule has 3 rings (SSSR count). The molecular formula is C16H17N3O. The second kappa shape index (κ2) is 5.43. The molecule has 1 aliphatic rings. The van der Waals surface area contributed by atoms with Gasteiger partial charge in [0.2, 0.25) is 5.91 Å². The van der Waals surface area contributed by atoms with Gasteiger partial charge in [0.05, 0.1) is 0 Å². The molecule has 0 bridgehead atoms. The van der Waals surface area contributed by atoms with Gasteiger partial charge in [0, 0.05) is 36.6 Å². The first kappa shape index (κ1) is 12.8. The minimum Gasteiger partial charge on any atom is -0.326 e. The van der Waals surface area contributed by atoms with E-state index in [1.54, 1.807) is 0 Å². The van der Waals surface area contributed by atoms with Crippen LogP contribution in [-0.2, 0) is 17.8 Å². The molecule has 0 unspecified atom stereocenters. The van der Waals surface area contributed by atoms with Crippen LogP contribution in [0.1, 0.15) is 17.5 Å². The van der Waals surface area contributed by atoms with Crippen molar-refractivity contribution in [2.45, 2.75) is 19.4 Å². The number of benzene rings is 1. The first-order chi connectivity index (χ1) is 9.76. The van der Waals surface area contributed by atoms with Crippen LogP contribution in [0.15, 0.2) is 36.7 Å². The predicted molar refractivity (Wildman–Crippen MR) is 79.4 cm³/mol. The Bertz CT molecular complexity index is 652. The SMILES string of the molecule is CNCc1cncc(-c2ccc3c(c2)CCC(=O)N3)c1. The lowest BCUT2D eigenvalue weighted by atomic mass is 9.97. The predicted octanol–water partition coefficient (Wildman–Crippen LogP) is 2.35. The van der Waals surface area contributed by atoms with E-state index in [0.29, 0.717) is 6.42 Å². The Morgan fingerprint density at radius 2 is 2.10 bits per heavy atom. The fraction of sp³-hybridized carbons (Fsp3) is 0.250. The van der Waals surface area contributed by atoms with E-state index in [0.717, 1.165) is 35.3 Å². The van der Waals surface area contributed by atoms with Crippen LogP contribution in [-0.4, -0.2) is 17.9 Å². The quantitative estimate of drug-likeness (QED) is 0.897. The molecule has 102 valence electrons. The smallest absolute Gasteiger partial charge is 0.224 e. The van der Waals surface area contributed by atoms with Crippen LogP contribution >= 0.6 is 0 Å². The van der Waals surface area contributed by atoms with E-state index in [1.165, 1.54) is 5.56 Å². The molecule has 1 aromatic carbocycles. The van der Waals surface area contributed by atoms with E-state index in [-0.39, 0.29) is 5.91 Å². The minimum atomic E-state index is 0.0999. The van der Waals surface area contributed by atoms with Crippen molar-refractivity contribution in [3.63, 3.8) is 0 Å². The molecular weight excluding hydrogens is 250 g/mol. The zero-order valence-electron chi connectivity index (χ0n) is 11.4. The number of fused-ring (bicyclic) bond motifs is 1. The normalized spacial score (nSPS) is 13.8. The van der Waals surface area contributed by atoms with Gasteiger partial charge in [-0.2, -0.15) is 0 Å². The lowest BCUT2D eigenvalue weighted by Crippen LogP contribution is -2.18. The maximum Gasteiger partial charge on any atom is 0.224 e. The van der Waals surface area contributed by atoms with Gasteiger partial charge in [-0.3, -0.25) is 9.78 Å². The Balaban J connectivity index is 1.94. The van der Waals surface area contributed by atoms with E-state index in [1.807, 2.05) is 31.6 Å². The molecule has 0 spiro atoms. The van der Waals surface area contributed by atoms with Crippen molar-refractivity contribution in [2.24, 2.45) is 0 Å². The van der Waals surface area contributed by atoms with Gasteiger partial charge in [0.25, 0.3) is 0 Å². The first-order valence-electron chi connectivity index (χ1n) is 6.78. The highest BCUT2D eigenvalue weighted by Crippen LogP contribution is 2.28. The number of nitrogens with zero attached hydrogens (tertiary/aromatic N) is 1. The fourth-order valence-corrected chi connectivity index (χ4v) is 2.51. The number of amides is 1. The molecule has 4 heteroatoms. The highest BCUT2D eigenvalue weighted by Gasteiger charge is 2.15. The number of aryl methyl sites for hydroxylation is 1. The summed E-state index contributed by atoms with van der Waals surface area (Å²) in [5, 5.41) is 6.04. The standard InChI is InChI=1S/C16H17N3O/c1-17-8-11-6-14(10-18-9-11)12-2-4-15-13(7-12)3-5-16(20)19-15/h2,4,6-7,9-10,17H,3,5,8H2,1H3,(H,19,20). The van der Waals surface area contributed by atoms with Crippen molar-refractivity contribution in [3.05, 3.63) is 47.8 Å². The van der Waals surface area contributed by atoms with Crippen LogP contribution in [0.2, 0.25) is 0 Å².